The van der Waals surface area contributed by atoms with Crippen LogP contribution in [0.25, 0.3) is 0 Å². The summed E-state index contributed by atoms with van der Waals surface area (Å²) in [6.45, 7) is 5.22. The normalized spacial score (nSPS) is 26.4. The molecule has 0 unspecified atom stereocenters. The predicted octanol–water partition coefficient (Wildman–Crippen LogP) is 5.80. The van der Waals surface area contributed by atoms with E-state index in [1.807, 2.05) is 11.0 Å². The number of amides is 1. The molecule has 0 saturated heterocycles. The fourth-order valence-corrected chi connectivity index (χ4v) is 8.17. The molecular weight excluding hydrogens is 493 g/mol. The van der Waals surface area contributed by atoms with Crippen LogP contribution >= 0.6 is 0 Å². The highest BCUT2D eigenvalue weighted by atomic mass is 32.2. The van der Waals surface area contributed by atoms with Crippen LogP contribution in [0.1, 0.15) is 57.9 Å². The van der Waals surface area contributed by atoms with Crippen molar-refractivity contribution in [3.8, 4) is 11.5 Å². The van der Waals surface area contributed by atoms with Crippen molar-refractivity contribution in [3.05, 3.63) is 53.8 Å². The van der Waals surface area contributed by atoms with Crippen molar-refractivity contribution in [1.82, 2.24) is 4.90 Å². The second kappa shape index (κ2) is 9.93. The number of halogens is 1. The molecule has 4 fully saturated rings. The van der Waals surface area contributed by atoms with Crippen LogP contribution in [0.15, 0.2) is 47.4 Å². The van der Waals surface area contributed by atoms with E-state index in [4.69, 9.17) is 8.92 Å². The quantitative estimate of drug-likeness (QED) is 0.384. The zero-order chi connectivity index (χ0) is 26.4. The van der Waals surface area contributed by atoms with Gasteiger partial charge in [-0.2, -0.15) is 8.42 Å². The first kappa shape index (κ1) is 26.0. The van der Waals surface area contributed by atoms with Crippen LogP contribution < -0.4 is 8.92 Å². The summed E-state index contributed by atoms with van der Waals surface area (Å²) in [5.41, 5.74) is 0.519. The minimum atomic E-state index is -4.20. The van der Waals surface area contributed by atoms with E-state index in [9.17, 15) is 17.6 Å². The van der Waals surface area contributed by atoms with Gasteiger partial charge in [0.2, 0.25) is 5.91 Å². The standard InChI is InChI=1S/C29H36FNO5S/c1-19(2)17-31(28(32)29-14-21-10-22(15-29)12-23(11-21)16-29)18-20-4-9-26(35-3)27(13-20)36-37(33,34)25-7-5-24(30)6-8-25/h4-9,13,19,21-23H,10-12,14-18H2,1-3H3. The van der Waals surface area contributed by atoms with Gasteiger partial charge < -0.3 is 13.8 Å². The summed E-state index contributed by atoms with van der Waals surface area (Å²) in [5.74, 6) is 2.33. The Balaban J connectivity index is 1.40. The monoisotopic (exact) mass is 529 g/mol. The molecule has 4 bridgehead atoms. The average Bonchev–Trinajstić information content (AvgIpc) is 2.82. The fourth-order valence-electron chi connectivity index (χ4n) is 7.24. The highest BCUT2D eigenvalue weighted by molar-refractivity contribution is 7.87. The van der Waals surface area contributed by atoms with Crippen molar-refractivity contribution < 1.29 is 26.5 Å². The van der Waals surface area contributed by atoms with Crippen molar-refractivity contribution >= 4 is 16.0 Å². The molecular formula is C29H36FNO5S. The summed E-state index contributed by atoms with van der Waals surface area (Å²) in [4.78, 5) is 15.9. The fraction of sp³-hybridized carbons (Fsp3) is 0.552. The minimum Gasteiger partial charge on any atom is -0.493 e. The van der Waals surface area contributed by atoms with Gasteiger partial charge in [0.25, 0.3) is 0 Å². The molecule has 6 nitrogen and oxygen atoms in total. The molecule has 0 aromatic heterocycles. The molecule has 4 aliphatic carbocycles. The van der Waals surface area contributed by atoms with Gasteiger partial charge in [0, 0.05) is 13.1 Å². The molecule has 2 aromatic carbocycles. The van der Waals surface area contributed by atoms with E-state index in [0.29, 0.717) is 36.8 Å². The van der Waals surface area contributed by atoms with E-state index in [0.717, 1.165) is 49.1 Å². The third kappa shape index (κ3) is 5.35. The van der Waals surface area contributed by atoms with Crippen molar-refractivity contribution in [3.63, 3.8) is 0 Å². The summed E-state index contributed by atoms with van der Waals surface area (Å²) in [7, 11) is -2.76. The summed E-state index contributed by atoms with van der Waals surface area (Å²) in [5, 5.41) is 0. The Kier molecular flexibility index (Phi) is 6.98. The Bertz CT molecular complexity index is 1220. The van der Waals surface area contributed by atoms with Crippen LogP contribution in [-0.4, -0.2) is 32.9 Å². The molecule has 8 heteroatoms. The summed E-state index contributed by atoms with van der Waals surface area (Å²) in [6, 6.07) is 9.60. The summed E-state index contributed by atoms with van der Waals surface area (Å²) < 4.78 is 49.8. The second-order valence-corrected chi connectivity index (χ2v) is 13.3. The Morgan fingerprint density at radius 1 is 1.00 bits per heavy atom. The van der Waals surface area contributed by atoms with Crippen LogP contribution in [0.5, 0.6) is 11.5 Å². The van der Waals surface area contributed by atoms with Crippen LogP contribution in [0.2, 0.25) is 0 Å². The van der Waals surface area contributed by atoms with Crippen LogP contribution in [0.3, 0.4) is 0 Å². The molecule has 0 N–H and O–H groups in total. The number of hydrogen-bond donors (Lipinski definition) is 0. The van der Waals surface area contributed by atoms with Crippen molar-refractivity contribution in [2.24, 2.45) is 29.1 Å². The molecule has 0 radical (unpaired) electrons. The lowest BCUT2D eigenvalue weighted by atomic mass is 9.49. The topological polar surface area (TPSA) is 72.9 Å². The average molecular weight is 530 g/mol. The van der Waals surface area contributed by atoms with Gasteiger partial charge in [-0.25, -0.2) is 4.39 Å². The molecule has 0 atom stereocenters. The van der Waals surface area contributed by atoms with E-state index in [1.165, 1.54) is 26.4 Å². The number of carbonyl (C=O) groups excluding carboxylic acids is 1. The Morgan fingerprint density at radius 3 is 2.14 bits per heavy atom. The number of carbonyl (C=O) groups is 1. The van der Waals surface area contributed by atoms with Gasteiger partial charge >= 0.3 is 10.1 Å². The zero-order valence-corrected chi connectivity index (χ0v) is 22.6. The summed E-state index contributed by atoms with van der Waals surface area (Å²) in [6.07, 6.45) is 6.83. The first-order valence-electron chi connectivity index (χ1n) is 13.2. The second-order valence-electron chi connectivity index (χ2n) is 11.8. The molecule has 0 spiro atoms. The minimum absolute atomic E-state index is 0.0380. The van der Waals surface area contributed by atoms with Gasteiger partial charge in [-0.1, -0.05) is 19.9 Å². The maximum atomic E-state index is 14.1. The van der Waals surface area contributed by atoms with Gasteiger partial charge in [0.1, 0.15) is 10.7 Å². The highest BCUT2D eigenvalue weighted by Gasteiger charge is 2.55. The van der Waals surface area contributed by atoms with Gasteiger partial charge in [-0.3, -0.25) is 4.79 Å². The first-order valence-corrected chi connectivity index (χ1v) is 14.6. The smallest absolute Gasteiger partial charge is 0.339 e. The SMILES string of the molecule is COc1ccc(CN(CC(C)C)C(=O)C23CC4CC(CC(C4)C2)C3)cc1OS(=O)(=O)c1ccc(F)cc1. The number of nitrogens with zero attached hydrogens (tertiary/aromatic N) is 1. The van der Waals surface area contributed by atoms with Gasteiger partial charge in [0.15, 0.2) is 11.5 Å². The Hall–Kier alpha value is -2.61. The lowest BCUT2D eigenvalue weighted by Gasteiger charge is -2.56. The van der Waals surface area contributed by atoms with Crippen LogP contribution in [-0.2, 0) is 21.5 Å². The maximum Gasteiger partial charge on any atom is 0.339 e. The Morgan fingerprint density at radius 2 is 1.59 bits per heavy atom. The van der Waals surface area contributed by atoms with Crippen molar-refractivity contribution in [2.45, 2.75) is 63.8 Å². The molecule has 200 valence electrons. The van der Waals surface area contributed by atoms with Gasteiger partial charge in [-0.15, -0.1) is 0 Å². The Labute approximate surface area is 219 Å². The number of methoxy groups -OCH3 is 1. The maximum absolute atomic E-state index is 14.1. The van der Waals surface area contributed by atoms with E-state index in [-0.39, 0.29) is 27.7 Å². The van der Waals surface area contributed by atoms with E-state index >= 15 is 0 Å². The third-order valence-corrected chi connectivity index (χ3v) is 9.52. The van der Waals surface area contributed by atoms with Crippen molar-refractivity contribution in [1.29, 1.82) is 0 Å². The molecule has 0 aliphatic heterocycles. The number of hydrogen-bond acceptors (Lipinski definition) is 5. The van der Waals surface area contributed by atoms with Crippen LogP contribution in [0, 0.1) is 34.9 Å². The third-order valence-electron chi connectivity index (χ3n) is 8.27. The molecule has 6 rings (SSSR count). The molecule has 1 amide bonds. The number of ether oxygens (including phenoxy) is 1. The van der Waals surface area contributed by atoms with Gasteiger partial charge in [-0.05, 0) is 104 Å². The van der Waals surface area contributed by atoms with E-state index in [1.54, 1.807) is 12.1 Å². The highest BCUT2D eigenvalue weighted by Crippen LogP contribution is 2.60. The number of rotatable bonds is 9. The van der Waals surface area contributed by atoms with Crippen LogP contribution in [0.4, 0.5) is 4.39 Å². The molecule has 0 heterocycles. The predicted molar refractivity (Wildman–Crippen MR) is 138 cm³/mol. The van der Waals surface area contributed by atoms with Crippen molar-refractivity contribution in [2.75, 3.05) is 13.7 Å². The lowest BCUT2D eigenvalue weighted by Crippen LogP contribution is -2.54. The largest absolute Gasteiger partial charge is 0.493 e. The lowest BCUT2D eigenvalue weighted by molar-refractivity contribution is -0.159. The van der Waals surface area contributed by atoms with E-state index in [2.05, 4.69) is 13.8 Å². The summed E-state index contributed by atoms with van der Waals surface area (Å²) >= 11 is 0. The number of benzene rings is 2. The molecule has 4 saturated carbocycles. The zero-order valence-electron chi connectivity index (χ0n) is 21.8. The van der Waals surface area contributed by atoms with Gasteiger partial charge in [0.05, 0.1) is 12.5 Å². The van der Waals surface area contributed by atoms with E-state index < -0.39 is 15.9 Å². The molecule has 2 aromatic rings. The first-order chi connectivity index (χ1) is 17.6. The molecule has 37 heavy (non-hydrogen) atoms. The molecule has 4 aliphatic rings.